The van der Waals surface area contributed by atoms with Crippen LogP contribution in [-0.4, -0.2) is 6.03 Å². The highest BCUT2D eigenvalue weighted by Gasteiger charge is 2.28. The quantitative estimate of drug-likeness (QED) is 0.322. The molecule has 0 bridgehead atoms. The fourth-order valence-corrected chi connectivity index (χ4v) is 7.06. The van der Waals surface area contributed by atoms with Gasteiger partial charge < -0.3 is 10.6 Å². The summed E-state index contributed by atoms with van der Waals surface area (Å²) in [7, 11) is 0. The normalized spacial score (nSPS) is 18.2. The summed E-state index contributed by atoms with van der Waals surface area (Å²) in [6, 6.07) is 33.1. The Bertz CT molecular complexity index is 1170. The van der Waals surface area contributed by atoms with Crippen molar-refractivity contribution in [3.8, 4) is 0 Å². The topological polar surface area (TPSA) is 41.1 Å². The number of hydrogen-bond donors (Lipinski definition) is 2. The monoisotopic (exact) mass is 480 g/mol. The fraction of sp³-hybridized carbons (Fsp3) is 0.138. The molecular weight excluding hydrogens is 456 g/mol. The largest absolute Gasteiger partial charge is 0.327 e. The van der Waals surface area contributed by atoms with E-state index in [1.54, 1.807) is 0 Å². The van der Waals surface area contributed by atoms with Gasteiger partial charge in [0.15, 0.2) is 0 Å². The standard InChI is InChI=1S/C29H24N2OS2/c32-29(30-27-21-11-3-1-9-19(21)17-33-25-15-7-5-13-23(25)27)31-28-22-12-4-2-10-20(22)18-34-26-16-8-6-14-24(26)28/h1-16,27-28H,17-18H2,(H2,30,31,32). The molecule has 2 atom stereocenters. The van der Waals surface area contributed by atoms with Gasteiger partial charge >= 0.3 is 6.03 Å². The maximum Gasteiger partial charge on any atom is 0.316 e. The van der Waals surface area contributed by atoms with Gasteiger partial charge in [0.05, 0.1) is 12.1 Å². The van der Waals surface area contributed by atoms with Crippen molar-refractivity contribution in [2.75, 3.05) is 0 Å². The van der Waals surface area contributed by atoms with E-state index in [4.69, 9.17) is 0 Å². The Morgan fingerprint density at radius 2 is 0.941 bits per heavy atom. The van der Waals surface area contributed by atoms with Crippen LogP contribution in [0.4, 0.5) is 4.79 Å². The predicted molar refractivity (Wildman–Crippen MR) is 140 cm³/mol. The zero-order chi connectivity index (χ0) is 22.9. The number of benzene rings is 4. The highest BCUT2D eigenvalue weighted by molar-refractivity contribution is 7.98. The zero-order valence-corrected chi connectivity index (χ0v) is 20.2. The van der Waals surface area contributed by atoms with Crippen molar-refractivity contribution in [1.29, 1.82) is 0 Å². The van der Waals surface area contributed by atoms with Gasteiger partial charge in [0.2, 0.25) is 0 Å². The van der Waals surface area contributed by atoms with Crippen molar-refractivity contribution in [2.45, 2.75) is 33.4 Å². The molecule has 0 aliphatic carbocycles. The number of carbonyl (C=O) groups is 1. The Morgan fingerprint density at radius 1 is 0.559 bits per heavy atom. The molecule has 4 aromatic carbocycles. The molecule has 6 rings (SSSR count). The third-order valence-electron chi connectivity index (χ3n) is 6.51. The molecule has 2 aliphatic rings. The summed E-state index contributed by atoms with van der Waals surface area (Å²) in [5.74, 6) is 1.79. The summed E-state index contributed by atoms with van der Waals surface area (Å²) < 4.78 is 0. The third kappa shape index (κ3) is 3.99. The maximum absolute atomic E-state index is 13.6. The minimum Gasteiger partial charge on any atom is -0.327 e. The van der Waals surface area contributed by atoms with Crippen LogP contribution in [0, 0.1) is 0 Å². The number of rotatable bonds is 2. The highest BCUT2D eigenvalue weighted by atomic mass is 32.2. The average molecular weight is 481 g/mol. The van der Waals surface area contributed by atoms with E-state index in [1.807, 2.05) is 23.5 Å². The molecule has 0 fully saturated rings. The van der Waals surface area contributed by atoms with Crippen LogP contribution in [0.3, 0.4) is 0 Å². The second-order valence-electron chi connectivity index (χ2n) is 8.53. The van der Waals surface area contributed by atoms with Crippen molar-refractivity contribution >= 4 is 29.6 Å². The fourth-order valence-electron chi connectivity index (χ4n) is 4.86. The molecule has 2 aliphatic heterocycles. The van der Waals surface area contributed by atoms with E-state index < -0.39 is 0 Å². The van der Waals surface area contributed by atoms with Crippen LogP contribution in [-0.2, 0) is 11.5 Å². The summed E-state index contributed by atoms with van der Waals surface area (Å²) >= 11 is 3.66. The van der Waals surface area contributed by atoms with Gasteiger partial charge in [-0.15, -0.1) is 23.5 Å². The van der Waals surface area contributed by atoms with Gasteiger partial charge in [0, 0.05) is 21.3 Å². The smallest absolute Gasteiger partial charge is 0.316 e. The van der Waals surface area contributed by atoms with Gasteiger partial charge in [-0.2, -0.15) is 0 Å². The van der Waals surface area contributed by atoms with Gasteiger partial charge in [0.1, 0.15) is 0 Å². The van der Waals surface area contributed by atoms with Crippen LogP contribution in [0.2, 0.25) is 0 Å². The van der Waals surface area contributed by atoms with Gasteiger partial charge in [-0.1, -0.05) is 84.9 Å². The predicted octanol–water partition coefficient (Wildman–Crippen LogP) is 7.08. The SMILES string of the molecule is O=C(NC1c2ccccc2CSc2ccccc21)NC1c2ccccc2CSc2ccccc21. The average Bonchev–Trinajstić information content (AvgIpc) is 3.14. The highest BCUT2D eigenvalue weighted by Crippen LogP contribution is 2.41. The van der Waals surface area contributed by atoms with E-state index in [1.165, 1.54) is 20.9 Å². The van der Waals surface area contributed by atoms with E-state index in [2.05, 4.69) is 108 Å². The van der Waals surface area contributed by atoms with Crippen LogP contribution >= 0.6 is 23.5 Å². The molecule has 5 heteroatoms. The molecule has 0 saturated heterocycles. The molecule has 4 aromatic rings. The molecule has 2 amide bonds. The molecular formula is C29H24N2OS2. The van der Waals surface area contributed by atoms with Crippen LogP contribution < -0.4 is 10.6 Å². The lowest BCUT2D eigenvalue weighted by Crippen LogP contribution is -2.41. The first kappa shape index (κ1) is 21.4. The molecule has 2 unspecified atom stereocenters. The molecule has 2 heterocycles. The van der Waals surface area contributed by atoms with Crippen LogP contribution in [0.5, 0.6) is 0 Å². The molecule has 2 N–H and O–H groups in total. The number of amides is 2. The molecule has 3 nitrogen and oxygen atoms in total. The van der Waals surface area contributed by atoms with E-state index >= 15 is 0 Å². The zero-order valence-electron chi connectivity index (χ0n) is 18.5. The van der Waals surface area contributed by atoms with Crippen LogP contribution in [0.25, 0.3) is 0 Å². The number of hydrogen-bond acceptors (Lipinski definition) is 3. The summed E-state index contributed by atoms with van der Waals surface area (Å²) in [5.41, 5.74) is 7.13. The summed E-state index contributed by atoms with van der Waals surface area (Å²) in [6.45, 7) is 0. The third-order valence-corrected chi connectivity index (χ3v) is 8.79. The first-order valence-electron chi connectivity index (χ1n) is 11.4. The van der Waals surface area contributed by atoms with Crippen LogP contribution in [0.15, 0.2) is 107 Å². The summed E-state index contributed by atoms with van der Waals surface area (Å²) in [5, 5.41) is 6.66. The van der Waals surface area contributed by atoms with E-state index in [-0.39, 0.29) is 18.1 Å². The van der Waals surface area contributed by atoms with Crippen molar-refractivity contribution in [1.82, 2.24) is 10.6 Å². The molecule has 0 radical (unpaired) electrons. The number of carbonyl (C=O) groups excluding carboxylic acids is 1. The molecule has 0 saturated carbocycles. The summed E-state index contributed by atoms with van der Waals surface area (Å²) in [4.78, 5) is 16.0. The lowest BCUT2D eigenvalue weighted by molar-refractivity contribution is 0.236. The molecule has 168 valence electrons. The Morgan fingerprint density at radius 3 is 1.41 bits per heavy atom. The minimum atomic E-state index is -0.201. The summed E-state index contributed by atoms with van der Waals surface area (Å²) in [6.07, 6.45) is 0. The van der Waals surface area contributed by atoms with Gasteiger partial charge in [-0.05, 0) is 45.5 Å². The second kappa shape index (κ2) is 9.24. The number of thioether (sulfide) groups is 2. The van der Waals surface area contributed by atoms with E-state index in [0.29, 0.717) is 0 Å². The number of nitrogens with one attached hydrogen (secondary N) is 2. The van der Waals surface area contributed by atoms with Crippen molar-refractivity contribution in [3.63, 3.8) is 0 Å². The van der Waals surface area contributed by atoms with Gasteiger partial charge in [0.25, 0.3) is 0 Å². The van der Waals surface area contributed by atoms with E-state index in [0.717, 1.165) is 33.8 Å². The minimum absolute atomic E-state index is 0.164. The van der Waals surface area contributed by atoms with Gasteiger partial charge in [-0.3, -0.25) is 0 Å². The molecule has 0 aromatic heterocycles. The van der Waals surface area contributed by atoms with Crippen molar-refractivity contribution in [2.24, 2.45) is 0 Å². The molecule has 34 heavy (non-hydrogen) atoms. The molecule has 0 spiro atoms. The Balaban J connectivity index is 1.36. The number of urea groups is 1. The Kier molecular flexibility index (Phi) is 5.81. The maximum atomic E-state index is 13.6. The number of fused-ring (bicyclic) bond motifs is 4. The van der Waals surface area contributed by atoms with Crippen molar-refractivity contribution in [3.05, 3.63) is 130 Å². The van der Waals surface area contributed by atoms with Crippen LogP contribution in [0.1, 0.15) is 45.5 Å². The van der Waals surface area contributed by atoms with Crippen molar-refractivity contribution < 1.29 is 4.79 Å². The second-order valence-corrected chi connectivity index (χ2v) is 10.6. The van der Waals surface area contributed by atoms with E-state index in [9.17, 15) is 4.79 Å². The first-order valence-corrected chi connectivity index (χ1v) is 13.4. The lowest BCUT2D eigenvalue weighted by Gasteiger charge is -2.25. The Labute approximate surface area is 208 Å². The lowest BCUT2D eigenvalue weighted by atomic mass is 9.94. The van der Waals surface area contributed by atoms with Gasteiger partial charge in [-0.25, -0.2) is 4.79 Å². The Hall–Kier alpha value is -3.15. The first-order chi connectivity index (χ1) is 16.8.